The van der Waals surface area contributed by atoms with E-state index in [4.69, 9.17) is 5.11 Å². The molecule has 78 valence electrons. The van der Waals surface area contributed by atoms with E-state index in [0.717, 1.165) is 5.57 Å². The van der Waals surface area contributed by atoms with Crippen LogP contribution in [0.4, 0.5) is 0 Å². The van der Waals surface area contributed by atoms with Crippen molar-refractivity contribution in [2.75, 3.05) is 0 Å². The third kappa shape index (κ3) is 7.09. The molecule has 2 N–H and O–H groups in total. The highest BCUT2D eigenvalue weighted by atomic mass is 16.4. The van der Waals surface area contributed by atoms with Gasteiger partial charge in [-0.05, 0) is 19.9 Å². The number of allylic oxidation sites excluding steroid dienone is 3. The zero-order valence-corrected chi connectivity index (χ0v) is 8.63. The quantitative estimate of drug-likeness (QED) is 0.670. The van der Waals surface area contributed by atoms with E-state index >= 15 is 0 Å². The lowest BCUT2D eigenvalue weighted by Gasteiger charge is -1.99. The molecule has 0 rings (SSSR count). The van der Waals surface area contributed by atoms with Crippen LogP contribution in [-0.4, -0.2) is 17.0 Å². The van der Waals surface area contributed by atoms with Crippen molar-refractivity contribution in [3.8, 4) is 0 Å². The molecule has 0 atom stereocenters. The van der Waals surface area contributed by atoms with Gasteiger partial charge in [-0.15, -0.1) is 0 Å². The summed E-state index contributed by atoms with van der Waals surface area (Å²) in [4.78, 5) is 20.9. The van der Waals surface area contributed by atoms with Gasteiger partial charge in [-0.3, -0.25) is 9.59 Å². The molecular formula is C10H15NO3. The molecule has 0 heterocycles. The molecule has 0 aromatic heterocycles. The largest absolute Gasteiger partial charge is 0.481 e. The first-order valence-electron chi connectivity index (χ1n) is 4.25. The number of nitrogens with one attached hydrogen (secondary N) is 1. The molecule has 4 nitrogen and oxygen atoms in total. The van der Waals surface area contributed by atoms with Gasteiger partial charge in [0.15, 0.2) is 0 Å². The van der Waals surface area contributed by atoms with Gasteiger partial charge in [-0.2, -0.15) is 0 Å². The van der Waals surface area contributed by atoms with Crippen LogP contribution in [0.1, 0.15) is 27.2 Å². The lowest BCUT2D eigenvalue weighted by Crippen LogP contribution is -2.16. The Morgan fingerprint density at radius 2 is 1.79 bits per heavy atom. The molecule has 0 fully saturated rings. The third-order valence-electron chi connectivity index (χ3n) is 1.42. The highest BCUT2D eigenvalue weighted by Gasteiger charge is 1.96. The Hall–Kier alpha value is -1.58. The molecule has 0 aromatic carbocycles. The first-order chi connectivity index (χ1) is 6.41. The second kappa shape index (κ2) is 5.96. The van der Waals surface area contributed by atoms with Crippen molar-refractivity contribution in [1.82, 2.24) is 5.32 Å². The Morgan fingerprint density at radius 3 is 2.21 bits per heavy atom. The standard InChI is InChI=1S/C10H15NO3/c1-7(6-10(13)14)4-5-8(2)11-9(3)12/h4-5H,6H2,1-3H3,(H,11,12)(H,13,14). The fourth-order valence-electron chi connectivity index (χ4n) is 0.884. The molecule has 0 spiro atoms. The van der Waals surface area contributed by atoms with E-state index in [1.165, 1.54) is 6.92 Å². The Kier molecular flexibility index (Phi) is 5.29. The fourth-order valence-corrected chi connectivity index (χ4v) is 0.884. The average molecular weight is 197 g/mol. The number of aliphatic carboxylic acids is 1. The molecule has 14 heavy (non-hydrogen) atoms. The summed E-state index contributed by atoms with van der Waals surface area (Å²) in [5.41, 5.74) is 1.43. The van der Waals surface area contributed by atoms with Crippen molar-refractivity contribution in [1.29, 1.82) is 0 Å². The SMILES string of the molecule is CC(=O)NC(C)=CC=C(C)CC(=O)O. The van der Waals surface area contributed by atoms with E-state index in [2.05, 4.69) is 5.32 Å². The summed E-state index contributed by atoms with van der Waals surface area (Å²) in [6.45, 7) is 4.89. The van der Waals surface area contributed by atoms with Crippen molar-refractivity contribution in [3.05, 3.63) is 23.4 Å². The highest BCUT2D eigenvalue weighted by molar-refractivity contribution is 5.74. The number of hydrogen-bond acceptors (Lipinski definition) is 2. The van der Waals surface area contributed by atoms with Gasteiger partial charge < -0.3 is 10.4 Å². The number of carbonyl (C=O) groups is 2. The molecule has 0 aromatic rings. The second-order valence-corrected chi connectivity index (χ2v) is 3.11. The Bertz CT molecular complexity index is 260. The van der Waals surface area contributed by atoms with Gasteiger partial charge in [0.25, 0.3) is 0 Å². The maximum atomic E-state index is 10.6. The molecule has 0 radical (unpaired) electrons. The Morgan fingerprint density at radius 1 is 1.21 bits per heavy atom. The van der Waals surface area contributed by atoms with E-state index in [9.17, 15) is 9.59 Å². The lowest BCUT2D eigenvalue weighted by molar-refractivity contribution is -0.136. The van der Waals surface area contributed by atoms with Gasteiger partial charge in [0.1, 0.15) is 0 Å². The van der Waals surface area contributed by atoms with Crippen LogP contribution in [0.2, 0.25) is 0 Å². The van der Waals surface area contributed by atoms with Crippen LogP contribution in [0.25, 0.3) is 0 Å². The molecule has 0 aliphatic carbocycles. The van der Waals surface area contributed by atoms with E-state index in [1.54, 1.807) is 26.0 Å². The van der Waals surface area contributed by atoms with Gasteiger partial charge in [0.2, 0.25) is 5.91 Å². The van der Waals surface area contributed by atoms with Gasteiger partial charge in [0.05, 0.1) is 6.42 Å². The van der Waals surface area contributed by atoms with Crippen LogP contribution < -0.4 is 5.32 Å². The second-order valence-electron chi connectivity index (χ2n) is 3.11. The summed E-state index contributed by atoms with van der Waals surface area (Å²) < 4.78 is 0. The first kappa shape index (κ1) is 12.4. The molecule has 1 amide bonds. The van der Waals surface area contributed by atoms with E-state index in [-0.39, 0.29) is 12.3 Å². The Balaban J connectivity index is 4.23. The summed E-state index contributed by atoms with van der Waals surface area (Å²) >= 11 is 0. The summed E-state index contributed by atoms with van der Waals surface area (Å²) in [6, 6.07) is 0. The summed E-state index contributed by atoms with van der Waals surface area (Å²) in [6.07, 6.45) is 3.38. The first-order valence-corrected chi connectivity index (χ1v) is 4.25. The summed E-state index contributed by atoms with van der Waals surface area (Å²) in [5, 5.41) is 11.0. The molecule has 0 saturated carbocycles. The van der Waals surface area contributed by atoms with Crippen molar-refractivity contribution in [2.24, 2.45) is 0 Å². The maximum absolute atomic E-state index is 10.6. The number of carboxylic acids is 1. The van der Waals surface area contributed by atoms with Crippen LogP contribution >= 0.6 is 0 Å². The summed E-state index contributed by atoms with van der Waals surface area (Å²) in [5.74, 6) is -0.993. The molecule has 0 aliphatic rings. The predicted molar refractivity (Wildman–Crippen MR) is 53.6 cm³/mol. The van der Waals surface area contributed by atoms with E-state index in [0.29, 0.717) is 5.70 Å². The molecule has 4 heteroatoms. The number of carboxylic acid groups (broad SMARTS) is 1. The van der Waals surface area contributed by atoms with Gasteiger partial charge in [0, 0.05) is 12.6 Å². The van der Waals surface area contributed by atoms with Crippen LogP contribution in [0, 0.1) is 0 Å². The van der Waals surface area contributed by atoms with Gasteiger partial charge in [-0.25, -0.2) is 0 Å². The van der Waals surface area contributed by atoms with Gasteiger partial charge in [-0.1, -0.05) is 11.6 Å². The van der Waals surface area contributed by atoms with E-state index < -0.39 is 5.97 Å². The topological polar surface area (TPSA) is 66.4 Å². The van der Waals surface area contributed by atoms with Crippen molar-refractivity contribution in [2.45, 2.75) is 27.2 Å². The third-order valence-corrected chi connectivity index (χ3v) is 1.42. The number of carbonyl (C=O) groups excluding carboxylic acids is 1. The minimum Gasteiger partial charge on any atom is -0.481 e. The predicted octanol–water partition coefficient (Wildman–Crippen LogP) is 1.45. The summed E-state index contributed by atoms with van der Waals surface area (Å²) in [7, 11) is 0. The monoisotopic (exact) mass is 197 g/mol. The smallest absolute Gasteiger partial charge is 0.307 e. The minimum atomic E-state index is -0.857. The molecule has 0 aliphatic heterocycles. The molecule has 0 unspecified atom stereocenters. The minimum absolute atomic E-state index is 0.0177. The zero-order valence-electron chi connectivity index (χ0n) is 8.63. The molecular weight excluding hydrogens is 182 g/mol. The average Bonchev–Trinajstić information content (AvgIpc) is 1.98. The van der Waals surface area contributed by atoms with Crippen molar-refractivity contribution < 1.29 is 14.7 Å². The maximum Gasteiger partial charge on any atom is 0.307 e. The van der Waals surface area contributed by atoms with Crippen molar-refractivity contribution >= 4 is 11.9 Å². The molecule has 0 saturated heterocycles. The molecule has 0 bridgehead atoms. The number of rotatable bonds is 4. The highest BCUT2D eigenvalue weighted by Crippen LogP contribution is 2.00. The van der Waals surface area contributed by atoms with Crippen LogP contribution in [-0.2, 0) is 9.59 Å². The van der Waals surface area contributed by atoms with Gasteiger partial charge >= 0.3 is 5.97 Å². The zero-order chi connectivity index (χ0) is 11.1. The van der Waals surface area contributed by atoms with Crippen molar-refractivity contribution in [3.63, 3.8) is 0 Å². The number of amides is 1. The van der Waals surface area contributed by atoms with Crippen LogP contribution in [0.3, 0.4) is 0 Å². The lowest BCUT2D eigenvalue weighted by atomic mass is 10.2. The Labute approximate surface area is 83.3 Å². The van der Waals surface area contributed by atoms with Crippen LogP contribution in [0.15, 0.2) is 23.4 Å². The fraction of sp³-hybridized carbons (Fsp3) is 0.400. The van der Waals surface area contributed by atoms with Crippen LogP contribution in [0.5, 0.6) is 0 Å². The number of hydrogen-bond donors (Lipinski definition) is 2. The van der Waals surface area contributed by atoms with E-state index in [1.807, 2.05) is 0 Å². The normalized spacial score (nSPS) is 12.5.